The minimum absolute atomic E-state index is 0.160. The number of benzene rings is 1. The quantitative estimate of drug-likeness (QED) is 0.686. The van der Waals surface area contributed by atoms with Crippen LogP contribution in [0.5, 0.6) is 5.75 Å². The largest absolute Gasteiger partial charge is 0.497 e. The average molecular weight is 291 g/mol. The van der Waals surface area contributed by atoms with Crippen LogP contribution in [0.4, 0.5) is 0 Å². The number of halogens is 1. The minimum Gasteiger partial charge on any atom is -0.497 e. The van der Waals surface area contributed by atoms with Crippen molar-refractivity contribution >= 4 is 22.6 Å². The van der Waals surface area contributed by atoms with Crippen LogP contribution in [0, 0.1) is 0 Å². The molecule has 0 radical (unpaired) electrons. The zero-order valence-electron chi connectivity index (χ0n) is 7.83. The van der Waals surface area contributed by atoms with E-state index in [0.717, 1.165) is 5.75 Å². The Hall–Kier alpha value is -0.290. The molecule has 0 bridgehead atoms. The predicted octanol–water partition coefficient (Wildman–Crippen LogP) is 2.52. The SMILES string of the molecule is COc1cccc(C(I)C(C)N)c1. The molecule has 0 saturated carbocycles. The molecule has 2 atom stereocenters. The van der Waals surface area contributed by atoms with E-state index in [2.05, 4.69) is 28.7 Å². The Kier molecular flexibility index (Phi) is 3.99. The number of hydrogen-bond donors (Lipinski definition) is 1. The highest BCUT2D eigenvalue weighted by Gasteiger charge is 2.11. The molecular weight excluding hydrogens is 277 g/mol. The summed E-state index contributed by atoms with van der Waals surface area (Å²) in [5.74, 6) is 0.889. The zero-order chi connectivity index (χ0) is 9.84. The molecule has 0 spiro atoms. The fourth-order valence-corrected chi connectivity index (χ4v) is 1.50. The summed E-state index contributed by atoms with van der Waals surface area (Å²) in [6.45, 7) is 2.01. The van der Waals surface area contributed by atoms with Gasteiger partial charge in [0.25, 0.3) is 0 Å². The second-order valence-electron chi connectivity index (χ2n) is 3.04. The molecule has 0 amide bonds. The van der Waals surface area contributed by atoms with Crippen LogP contribution in [0.15, 0.2) is 24.3 Å². The van der Waals surface area contributed by atoms with E-state index in [9.17, 15) is 0 Å². The Morgan fingerprint density at radius 3 is 2.69 bits per heavy atom. The highest BCUT2D eigenvalue weighted by Crippen LogP contribution is 2.28. The van der Waals surface area contributed by atoms with E-state index in [4.69, 9.17) is 10.5 Å². The molecule has 2 nitrogen and oxygen atoms in total. The molecule has 2 unspecified atom stereocenters. The summed E-state index contributed by atoms with van der Waals surface area (Å²) >= 11 is 2.35. The van der Waals surface area contributed by atoms with E-state index >= 15 is 0 Å². The van der Waals surface area contributed by atoms with E-state index in [1.165, 1.54) is 5.56 Å². The van der Waals surface area contributed by atoms with Crippen molar-refractivity contribution in [3.05, 3.63) is 29.8 Å². The van der Waals surface area contributed by atoms with E-state index < -0.39 is 0 Å². The number of nitrogens with two attached hydrogens (primary N) is 1. The Balaban J connectivity index is 2.88. The lowest BCUT2D eigenvalue weighted by Crippen LogP contribution is -2.20. The molecule has 2 N–H and O–H groups in total. The maximum Gasteiger partial charge on any atom is 0.119 e. The number of alkyl halides is 1. The fraction of sp³-hybridized carbons (Fsp3) is 0.400. The summed E-state index contributed by atoms with van der Waals surface area (Å²) in [6, 6.07) is 8.19. The second kappa shape index (κ2) is 4.81. The van der Waals surface area contributed by atoms with Gasteiger partial charge in [0, 0.05) is 6.04 Å². The maximum atomic E-state index is 5.81. The summed E-state index contributed by atoms with van der Waals surface area (Å²) in [5, 5.41) is 0. The summed E-state index contributed by atoms with van der Waals surface area (Å²) in [7, 11) is 1.67. The standard InChI is InChI=1S/C10H14INO/c1-7(12)10(11)8-4-3-5-9(6-8)13-2/h3-7,10H,12H2,1-2H3. The second-order valence-corrected chi connectivity index (χ2v) is 4.38. The summed E-state index contributed by atoms with van der Waals surface area (Å²) in [4.78, 5) is 0. The molecule has 1 rings (SSSR count). The van der Waals surface area contributed by atoms with Crippen molar-refractivity contribution in [1.29, 1.82) is 0 Å². The predicted molar refractivity (Wildman–Crippen MR) is 63.4 cm³/mol. The number of methoxy groups -OCH3 is 1. The highest BCUT2D eigenvalue weighted by atomic mass is 127. The molecule has 72 valence electrons. The number of rotatable bonds is 3. The lowest BCUT2D eigenvalue weighted by Gasteiger charge is -2.14. The monoisotopic (exact) mass is 291 g/mol. The van der Waals surface area contributed by atoms with E-state index in [1.54, 1.807) is 7.11 Å². The van der Waals surface area contributed by atoms with Crippen LogP contribution in [0.1, 0.15) is 16.4 Å². The van der Waals surface area contributed by atoms with Crippen molar-refractivity contribution in [2.24, 2.45) is 5.73 Å². The van der Waals surface area contributed by atoms with E-state index in [-0.39, 0.29) is 6.04 Å². The van der Waals surface area contributed by atoms with Crippen molar-refractivity contribution < 1.29 is 4.74 Å². The van der Waals surface area contributed by atoms with Crippen LogP contribution in [0.25, 0.3) is 0 Å². The van der Waals surface area contributed by atoms with Gasteiger partial charge in [-0.05, 0) is 24.6 Å². The van der Waals surface area contributed by atoms with Gasteiger partial charge in [-0.25, -0.2) is 0 Å². The van der Waals surface area contributed by atoms with Crippen LogP contribution >= 0.6 is 22.6 Å². The Labute approximate surface area is 92.6 Å². The Morgan fingerprint density at radius 2 is 2.15 bits per heavy atom. The van der Waals surface area contributed by atoms with Gasteiger partial charge in [-0.15, -0.1) is 0 Å². The van der Waals surface area contributed by atoms with Crippen molar-refractivity contribution in [2.45, 2.75) is 16.9 Å². The first-order valence-corrected chi connectivity index (χ1v) is 5.43. The lowest BCUT2D eigenvalue weighted by molar-refractivity contribution is 0.414. The van der Waals surface area contributed by atoms with Gasteiger partial charge in [-0.3, -0.25) is 0 Å². The first-order chi connectivity index (χ1) is 6.15. The molecule has 0 saturated heterocycles. The van der Waals surface area contributed by atoms with Gasteiger partial charge in [0.2, 0.25) is 0 Å². The van der Waals surface area contributed by atoms with Gasteiger partial charge in [0.05, 0.1) is 11.0 Å². The van der Waals surface area contributed by atoms with Crippen LogP contribution in [0.3, 0.4) is 0 Å². The molecule has 1 aromatic carbocycles. The number of hydrogen-bond acceptors (Lipinski definition) is 2. The first kappa shape index (κ1) is 10.8. The fourth-order valence-electron chi connectivity index (χ4n) is 1.12. The smallest absolute Gasteiger partial charge is 0.119 e. The summed E-state index contributed by atoms with van der Waals surface area (Å²) in [5.41, 5.74) is 7.03. The van der Waals surface area contributed by atoms with Gasteiger partial charge in [0.1, 0.15) is 5.75 Å². The van der Waals surface area contributed by atoms with Gasteiger partial charge in [-0.1, -0.05) is 34.7 Å². The molecule has 0 aromatic heterocycles. The Bertz CT molecular complexity index is 275. The lowest BCUT2D eigenvalue weighted by atomic mass is 10.1. The van der Waals surface area contributed by atoms with Crippen LogP contribution in [-0.2, 0) is 0 Å². The van der Waals surface area contributed by atoms with Gasteiger partial charge >= 0.3 is 0 Å². The van der Waals surface area contributed by atoms with Gasteiger partial charge < -0.3 is 10.5 Å². The van der Waals surface area contributed by atoms with Crippen molar-refractivity contribution in [1.82, 2.24) is 0 Å². The molecule has 0 aliphatic carbocycles. The minimum atomic E-state index is 0.160. The summed E-state index contributed by atoms with van der Waals surface area (Å²) in [6.07, 6.45) is 0. The zero-order valence-corrected chi connectivity index (χ0v) is 9.99. The Morgan fingerprint density at radius 1 is 1.46 bits per heavy atom. The highest BCUT2D eigenvalue weighted by molar-refractivity contribution is 14.1. The van der Waals surface area contributed by atoms with Crippen molar-refractivity contribution in [2.75, 3.05) is 7.11 Å². The topological polar surface area (TPSA) is 35.2 Å². The third kappa shape index (κ3) is 2.84. The third-order valence-corrected chi connectivity index (χ3v) is 3.73. The molecule has 3 heteroatoms. The molecule has 0 aliphatic rings. The summed E-state index contributed by atoms with van der Waals surface area (Å²) < 4.78 is 5.48. The van der Waals surface area contributed by atoms with Crippen molar-refractivity contribution in [3.63, 3.8) is 0 Å². The molecule has 1 aromatic rings. The average Bonchev–Trinajstić information content (AvgIpc) is 2.16. The van der Waals surface area contributed by atoms with Crippen LogP contribution in [-0.4, -0.2) is 13.2 Å². The normalized spacial score (nSPS) is 15.1. The molecule has 13 heavy (non-hydrogen) atoms. The molecule has 0 heterocycles. The van der Waals surface area contributed by atoms with Gasteiger partial charge in [0.15, 0.2) is 0 Å². The van der Waals surface area contributed by atoms with Gasteiger partial charge in [-0.2, -0.15) is 0 Å². The van der Waals surface area contributed by atoms with Crippen molar-refractivity contribution in [3.8, 4) is 5.75 Å². The molecular formula is C10H14INO. The van der Waals surface area contributed by atoms with E-state index in [0.29, 0.717) is 3.92 Å². The maximum absolute atomic E-state index is 5.81. The first-order valence-electron chi connectivity index (χ1n) is 4.18. The van der Waals surface area contributed by atoms with Crippen LogP contribution < -0.4 is 10.5 Å². The third-order valence-electron chi connectivity index (χ3n) is 1.87. The van der Waals surface area contributed by atoms with E-state index in [1.807, 2.05) is 25.1 Å². The number of ether oxygens (including phenoxy) is 1. The van der Waals surface area contributed by atoms with Crippen LogP contribution in [0.2, 0.25) is 0 Å². The molecule has 0 aliphatic heterocycles. The molecule has 0 fully saturated rings.